The van der Waals surface area contributed by atoms with Crippen LogP contribution in [0, 0.1) is 6.92 Å². The summed E-state index contributed by atoms with van der Waals surface area (Å²) in [5.74, 6) is 1.06. The molecule has 0 unspecified atom stereocenters. The van der Waals surface area contributed by atoms with Gasteiger partial charge >= 0.3 is 0 Å². The van der Waals surface area contributed by atoms with Gasteiger partial charge in [-0.15, -0.1) is 11.6 Å². The van der Waals surface area contributed by atoms with Crippen molar-refractivity contribution in [3.05, 3.63) is 41.3 Å². The first kappa shape index (κ1) is 12.0. The van der Waals surface area contributed by atoms with Crippen LogP contribution in [0.25, 0.3) is 11.5 Å². The summed E-state index contributed by atoms with van der Waals surface area (Å²) in [5.41, 5.74) is 3.75. The zero-order chi connectivity index (χ0) is 12.3. The van der Waals surface area contributed by atoms with E-state index in [-0.39, 0.29) is 0 Å². The summed E-state index contributed by atoms with van der Waals surface area (Å²) in [4.78, 5) is 13.2. The number of hydrogen-bond donors (Lipinski definition) is 0. The van der Waals surface area contributed by atoms with Crippen molar-refractivity contribution in [1.29, 1.82) is 0 Å². The van der Waals surface area contributed by atoms with Gasteiger partial charge in [-0.25, -0.2) is 9.97 Å². The zero-order valence-electron chi connectivity index (χ0n) is 9.94. The Morgan fingerprint density at radius 2 is 2.12 bits per heavy atom. The maximum Gasteiger partial charge on any atom is 0.178 e. The third-order valence-electron chi connectivity index (χ3n) is 2.53. The molecule has 2 heterocycles. The second-order valence-electron chi connectivity index (χ2n) is 3.82. The van der Waals surface area contributed by atoms with E-state index in [1.54, 1.807) is 6.20 Å². The van der Waals surface area contributed by atoms with Crippen molar-refractivity contribution in [2.45, 2.75) is 26.1 Å². The number of halogens is 1. The standard InChI is InChI=1S/C13H14ClN3/c1-3-10-5-4-6-15-12(10)13-16-9(2)7-11(8-14)17-13/h4-7H,3,8H2,1-2H3. The lowest BCUT2D eigenvalue weighted by Crippen LogP contribution is -2.00. The summed E-state index contributed by atoms with van der Waals surface area (Å²) in [5, 5.41) is 0. The lowest BCUT2D eigenvalue weighted by atomic mass is 10.1. The largest absolute Gasteiger partial charge is 0.253 e. The predicted molar refractivity (Wildman–Crippen MR) is 68.9 cm³/mol. The summed E-state index contributed by atoms with van der Waals surface area (Å²) >= 11 is 5.82. The van der Waals surface area contributed by atoms with Crippen molar-refractivity contribution >= 4 is 11.6 Å². The van der Waals surface area contributed by atoms with Gasteiger partial charge in [0.2, 0.25) is 0 Å². The molecule has 0 aliphatic heterocycles. The molecule has 0 aliphatic carbocycles. The highest BCUT2D eigenvalue weighted by Gasteiger charge is 2.09. The fourth-order valence-electron chi connectivity index (χ4n) is 1.73. The number of aryl methyl sites for hydroxylation is 2. The summed E-state index contributed by atoms with van der Waals surface area (Å²) in [6, 6.07) is 5.88. The quantitative estimate of drug-likeness (QED) is 0.782. The molecule has 3 nitrogen and oxygen atoms in total. The Bertz CT molecular complexity index is 526. The number of pyridine rings is 1. The molecule has 4 heteroatoms. The molecule has 0 aliphatic rings. The van der Waals surface area contributed by atoms with Gasteiger partial charge in [0, 0.05) is 11.9 Å². The minimum atomic E-state index is 0.394. The van der Waals surface area contributed by atoms with Crippen LogP contribution < -0.4 is 0 Å². The van der Waals surface area contributed by atoms with Gasteiger partial charge in [0.1, 0.15) is 5.69 Å². The molecule has 2 aromatic heterocycles. The van der Waals surface area contributed by atoms with Gasteiger partial charge in [0.05, 0.1) is 11.6 Å². The summed E-state index contributed by atoms with van der Waals surface area (Å²) in [6.45, 7) is 4.04. The number of rotatable bonds is 3. The number of hydrogen-bond acceptors (Lipinski definition) is 3. The highest BCUT2D eigenvalue weighted by atomic mass is 35.5. The fourth-order valence-corrected chi connectivity index (χ4v) is 1.87. The van der Waals surface area contributed by atoms with E-state index in [2.05, 4.69) is 21.9 Å². The van der Waals surface area contributed by atoms with E-state index in [1.165, 1.54) is 0 Å². The van der Waals surface area contributed by atoms with E-state index >= 15 is 0 Å². The molecule has 0 amide bonds. The normalized spacial score (nSPS) is 10.5. The van der Waals surface area contributed by atoms with E-state index in [9.17, 15) is 0 Å². The SMILES string of the molecule is CCc1cccnc1-c1nc(C)cc(CCl)n1. The van der Waals surface area contributed by atoms with Crippen LogP contribution in [-0.2, 0) is 12.3 Å². The fraction of sp³-hybridized carbons (Fsp3) is 0.308. The van der Waals surface area contributed by atoms with Crippen LogP contribution in [0.4, 0.5) is 0 Å². The Hall–Kier alpha value is -1.48. The molecular weight excluding hydrogens is 234 g/mol. The minimum Gasteiger partial charge on any atom is -0.253 e. The van der Waals surface area contributed by atoms with Gasteiger partial charge in [-0.3, -0.25) is 4.98 Å². The van der Waals surface area contributed by atoms with Crippen LogP contribution >= 0.6 is 11.6 Å². The van der Waals surface area contributed by atoms with Crippen LogP contribution in [0.15, 0.2) is 24.4 Å². The molecule has 0 bridgehead atoms. The third kappa shape index (κ3) is 2.61. The average molecular weight is 248 g/mol. The van der Waals surface area contributed by atoms with Crippen LogP contribution in [0.5, 0.6) is 0 Å². The first-order valence-electron chi connectivity index (χ1n) is 5.59. The van der Waals surface area contributed by atoms with Gasteiger partial charge in [0.25, 0.3) is 0 Å². The van der Waals surface area contributed by atoms with Crippen LogP contribution in [-0.4, -0.2) is 15.0 Å². The molecular formula is C13H14ClN3. The van der Waals surface area contributed by atoms with Gasteiger partial charge in [-0.05, 0) is 31.0 Å². The monoisotopic (exact) mass is 247 g/mol. The second-order valence-corrected chi connectivity index (χ2v) is 4.09. The maximum atomic E-state index is 5.82. The molecule has 2 rings (SSSR count). The van der Waals surface area contributed by atoms with Crippen LogP contribution in [0.3, 0.4) is 0 Å². The molecule has 0 aromatic carbocycles. The van der Waals surface area contributed by atoms with Crippen molar-refractivity contribution in [2.24, 2.45) is 0 Å². The Morgan fingerprint density at radius 3 is 2.82 bits per heavy atom. The molecule has 0 radical (unpaired) electrons. The van der Waals surface area contributed by atoms with Gasteiger partial charge in [0.15, 0.2) is 5.82 Å². The Kier molecular flexibility index (Phi) is 3.69. The summed E-state index contributed by atoms with van der Waals surface area (Å²) < 4.78 is 0. The van der Waals surface area contributed by atoms with Gasteiger partial charge in [-0.2, -0.15) is 0 Å². The number of nitrogens with zero attached hydrogens (tertiary/aromatic N) is 3. The van der Waals surface area contributed by atoms with Crippen LogP contribution in [0.2, 0.25) is 0 Å². The molecule has 0 spiro atoms. The molecule has 2 aromatic rings. The molecule has 0 N–H and O–H groups in total. The summed E-state index contributed by atoms with van der Waals surface area (Å²) in [7, 11) is 0. The topological polar surface area (TPSA) is 38.7 Å². The Morgan fingerprint density at radius 1 is 1.29 bits per heavy atom. The smallest absolute Gasteiger partial charge is 0.178 e. The zero-order valence-corrected chi connectivity index (χ0v) is 10.7. The van der Waals surface area contributed by atoms with Crippen molar-refractivity contribution in [1.82, 2.24) is 15.0 Å². The van der Waals surface area contributed by atoms with Crippen LogP contribution in [0.1, 0.15) is 23.9 Å². The summed E-state index contributed by atoms with van der Waals surface area (Å²) in [6.07, 6.45) is 2.68. The average Bonchev–Trinajstić information content (AvgIpc) is 2.37. The second kappa shape index (κ2) is 5.23. The third-order valence-corrected chi connectivity index (χ3v) is 2.80. The van der Waals surface area contributed by atoms with Crippen molar-refractivity contribution < 1.29 is 0 Å². The minimum absolute atomic E-state index is 0.394. The van der Waals surface area contributed by atoms with E-state index in [0.29, 0.717) is 11.7 Å². The highest BCUT2D eigenvalue weighted by Crippen LogP contribution is 2.19. The lowest BCUT2D eigenvalue weighted by Gasteiger charge is -2.07. The van der Waals surface area contributed by atoms with E-state index < -0.39 is 0 Å². The molecule has 0 atom stereocenters. The molecule has 0 fully saturated rings. The molecule has 17 heavy (non-hydrogen) atoms. The number of alkyl halides is 1. The van der Waals surface area contributed by atoms with Crippen molar-refractivity contribution in [2.75, 3.05) is 0 Å². The maximum absolute atomic E-state index is 5.82. The first-order valence-corrected chi connectivity index (χ1v) is 6.12. The van der Waals surface area contributed by atoms with E-state index in [4.69, 9.17) is 11.6 Å². The van der Waals surface area contributed by atoms with Crippen molar-refractivity contribution in [3.63, 3.8) is 0 Å². The first-order chi connectivity index (χ1) is 8.24. The van der Waals surface area contributed by atoms with Gasteiger partial charge in [-0.1, -0.05) is 13.0 Å². The van der Waals surface area contributed by atoms with Gasteiger partial charge < -0.3 is 0 Å². The predicted octanol–water partition coefficient (Wildman–Crippen LogP) is 3.15. The molecule has 0 saturated heterocycles. The van der Waals surface area contributed by atoms with E-state index in [1.807, 2.05) is 25.1 Å². The lowest BCUT2D eigenvalue weighted by molar-refractivity contribution is 1.01. The van der Waals surface area contributed by atoms with Crippen molar-refractivity contribution in [3.8, 4) is 11.5 Å². The number of aromatic nitrogens is 3. The molecule has 88 valence electrons. The van der Waals surface area contributed by atoms with E-state index in [0.717, 1.165) is 29.1 Å². The highest BCUT2D eigenvalue weighted by molar-refractivity contribution is 6.16. The molecule has 0 saturated carbocycles. The Balaban J connectivity index is 2.55. The Labute approximate surface area is 106 Å².